The van der Waals surface area contributed by atoms with E-state index in [0.29, 0.717) is 6.04 Å². The summed E-state index contributed by atoms with van der Waals surface area (Å²) in [6.45, 7) is 5.80. The number of rotatable bonds is 6. The molecule has 3 rings (SSSR count). The van der Waals surface area contributed by atoms with Gasteiger partial charge in [-0.25, -0.2) is 4.98 Å². The molecule has 1 aromatic carbocycles. The maximum atomic E-state index is 11.0. The molecule has 2 heterocycles. The van der Waals surface area contributed by atoms with E-state index in [1.165, 1.54) is 5.52 Å². The molecule has 130 valence electrons. The lowest BCUT2D eigenvalue weighted by atomic mass is 10.0. The SMILES string of the molecule is CCN(CC(=O)O)C1CCN(Cc2nc3ccccc3n2C)CC1. The molecule has 1 N–H and O–H groups in total. The van der Waals surface area contributed by atoms with E-state index >= 15 is 0 Å². The molecule has 1 fully saturated rings. The number of likely N-dealkylation sites (tertiary alicyclic amines) is 1. The first-order chi connectivity index (χ1) is 11.6. The Morgan fingerprint density at radius 3 is 2.67 bits per heavy atom. The Morgan fingerprint density at radius 1 is 1.33 bits per heavy atom. The van der Waals surface area contributed by atoms with Gasteiger partial charge in [-0.2, -0.15) is 0 Å². The molecule has 0 radical (unpaired) electrons. The van der Waals surface area contributed by atoms with Crippen LogP contribution >= 0.6 is 0 Å². The predicted molar refractivity (Wildman–Crippen MR) is 93.9 cm³/mol. The number of likely N-dealkylation sites (N-methyl/N-ethyl adjacent to an activating group) is 1. The normalized spacial score (nSPS) is 17.0. The van der Waals surface area contributed by atoms with Crippen LogP contribution in [0.15, 0.2) is 24.3 Å². The third kappa shape index (κ3) is 3.60. The molecule has 1 aliphatic rings. The summed E-state index contributed by atoms with van der Waals surface area (Å²) in [5, 5.41) is 9.03. The molecule has 0 aliphatic carbocycles. The average Bonchev–Trinajstić information content (AvgIpc) is 2.90. The van der Waals surface area contributed by atoms with Crippen molar-refractivity contribution in [3.8, 4) is 0 Å². The van der Waals surface area contributed by atoms with Crippen molar-refractivity contribution in [2.75, 3.05) is 26.2 Å². The van der Waals surface area contributed by atoms with Crippen LogP contribution < -0.4 is 0 Å². The van der Waals surface area contributed by atoms with Crippen LogP contribution in [-0.2, 0) is 18.4 Å². The molecule has 0 spiro atoms. The Balaban J connectivity index is 1.60. The third-order valence-corrected chi connectivity index (χ3v) is 5.06. The first kappa shape index (κ1) is 16.9. The van der Waals surface area contributed by atoms with E-state index in [1.807, 2.05) is 19.1 Å². The van der Waals surface area contributed by atoms with Gasteiger partial charge >= 0.3 is 5.97 Å². The average molecular weight is 330 g/mol. The highest BCUT2D eigenvalue weighted by Gasteiger charge is 2.25. The lowest BCUT2D eigenvalue weighted by Crippen LogP contribution is -2.46. The fourth-order valence-corrected chi connectivity index (χ4v) is 3.65. The highest BCUT2D eigenvalue weighted by atomic mass is 16.4. The van der Waals surface area contributed by atoms with E-state index in [0.717, 1.165) is 50.4 Å². The number of carboxylic acids is 1. The van der Waals surface area contributed by atoms with E-state index in [-0.39, 0.29) is 6.54 Å². The number of aryl methyl sites for hydroxylation is 1. The molecule has 1 aliphatic heterocycles. The molecule has 0 bridgehead atoms. The topological polar surface area (TPSA) is 61.6 Å². The summed E-state index contributed by atoms with van der Waals surface area (Å²) in [5.41, 5.74) is 2.21. The van der Waals surface area contributed by atoms with Crippen LogP contribution in [0.25, 0.3) is 11.0 Å². The van der Waals surface area contributed by atoms with Crippen molar-refractivity contribution < 1.29 is 9.90 Å². The Morgan fingerprint density at radius 2 is 2.04 bits per heavy atom. The number of carbonyl (C=O) groups is 1. The van der Waals surface area contributed by atoms with Crippen LogP contribution in [0.3, 0.4) is 0 Å². The quantitative estimate of drug-likeness (QED) is 0.877. The monoisotopic (exact) mass is 330 g/mol. The van der Waals surface area contributed by atoms with Crippen LogP contribution in [0.4, 0.5) is 0 Å². The lowest BCUT2D eigenvalue weighted by molar-refractivity contribution is -0.139. The van der Waals surface area contributed by atoms with Crippen molar-refractivity contribution in [2.24, 2.45) is 7.05 Å². The molecular weight excluding hydrogens is 304 g/mol. The standard InChI is InChI=1S/C18H26N4O2/c1-3-22(13-18(23)24)14-8-10-21(11-9-14)12-17-19-15-6-4-5-7-16(15)20(17)2/h4-7,14H,3,8-13H2,1-2H3,(H,23,24). The Bertz CT molecular complexity index is 704. The maximum absolute atomic E-state index is 11.0. The Hall–Kier alpha value is -1.92. The molecular formula is C18H26N4O2. The van der Waals surface area contributed by atoms with Gasteiger partial charge in [0.2, 0.25) is 0 Å². The van der Waals surface area contributed by atoms with Crippen molar-refractivity contribution >= 4 is 17.0 Å². The smallest absolute Gasteiger partial charge is 0.317 e. The number of carboxylic acid groups (broad SMARTS) is 1. The van der Waals surface area contributed by atoms with Crippen LogP contribution in [0.5, 0.6) is 0 Å². The molecule has 0 atom stereocenters. The first-order valence-corrected chi connectivity index (χ1v) is 8.67. The number of piperidine rings is 1. The van der Waals surface area contributed by atoms with Crippen LogP contribution in [0.1, 0.15) is 25.6 Å². The van der Waals surface area contributed by atoms with Crippen molar-refractivity contribution in [1.82, 2.24) is 19.4 Å². The Kier molecular flexibility index (Phi) is 5.16. The minimum Gasteiger partial charge on any atom is -0.480 e. The number of fused-ring (bicyclic) bond motifs is 1. The fraction of sp³-hybridized carbons (Fsp3) is 0.556. The van der Waals surface area contributed by atoms with Gasteiger partial charge in [0, 0.05) is 26.2 Å². The van der Waals surface area contributed by atoms with Gasteiger partial charge in [0.1, 0.15) is 5.82 Å². The summed E-state index contributed by atoms with van der Waals surface area (Å²) < 4.78 is 2.17. The molecule has 0 saturated carbocycles. The molecule has 0 unspecified atom stereocenters. The predicted octanol–water partition coefficient (Wildman–Crippen LogP) is 1.94. The second-order valence-corrected chi connectivity index (χ2v) is 6.54. The maximum Gasteiger partial charge on any atom is 0.317 e. The highest BCUT2D eigenvalue weighted by molar-refractivity contribution is 5.75. The number of aromatic nitrogens is 2. The van der Waals surface area contributed by atoms with Crippen molar-refractivity contribution in [2.45, 2.75) is 32.4 Å². The van der Waals surface area contributed by atoms with Gasteiger partial charge in [0.15, 0.2) is 0 Å². The van der Waals surface area contributed by atoms with Gasteiger partial charge in [-0.15, -0.1) is 0 Å². The number of benzene rings is 1. The largest absolute Gasteiger partial charge is 0.480 e. The second kappa shape index (κ2) is 7.32. The highest BCUT2D eigenvalue weighted by Crippen LogP contribution is 2.20. The van der Waals surface area contributed by atoms with Crippen molar-refractivity contribution in [1.29, 1.82) is 0 Å². The number of hydrogen-bond donors (Lipinski definition) is 1. The zero-order chi connectivity index (χ0) is 17.1. The number of aliphatic carboxylic acids is 1. The second-order valence-electron chi connectivity index (χ2n) is 6.54. The van der Waals surface area contributed by atoms with Gasteiger partial charge in [0.05, 0.1) is 24.1 Å². The number of imidazole rings is 1. The van der Waals surface area contributed by atoms with Gasteiger partial charge < -0.3 is 9.67 Å². The molecule has 6 nitrogen and oxygen atoms in total. The first-order valence-electron chi connectivity index (χ1n) is 8.67. The summed E-state index contributed by atoms with van der Waals surface area (Å²) in [4.78, 5) is 20.2. The third-order valence-electron chi connectivity index (χ3n) is 5.06. The molecule has 1 aromatic heterocycles. The summed E-state index contributed by atoms with van der Waals surface area (Å²) in [7, 11) is 2.07. The summed E-state index contributed by atoms with van der Waals surface area (Å²) in [6, 6.07) is 8.59. The van der Waals surface area contributed by atoms with Gasteiger partial charge in [-0.3, -0.25) is 14.6 Å². The fourth-order valence-electron chi connectivity index (χ4n) is 3.65. The van der Waals surface area contributed by atoms with E-state index in [4.69, 9.17) is 10.1 Å². The molecule has 6 heteroatoms. The molecule has 24 heavy (non-hydrogen) atoms. The summed E-state index contributed by atoms with van der Waals surface area (Å²) >= 11 is 0. The molecule has 2 aromatic rings. The number of para-hydroxylation sites is 2. The summed E-state index contributed by atoms with van der Waals surface area (Å²) in [6.07, 6.45) is 2.04. The number of hydrogen-bond acceptors (Lipinski definition) is 4. The molecule has 0 amide bonds. The van der Waals surface area contributed by atoms with E-state index in [9.17, 15) is 4.79 Å². The summed E-state index contributed by atoms with van der Waals surface area (Å²) in [5.74, 6) is 0.353. The van der Waals surface area contributed by atoms with Gasteiger partial charge in [-0.05, 0) is 31.5 Å². The number of nitrogens with zero attached hydrogens (tertiary/aromatic N) is 4. The van der Waals surface area contributed by atoms with E-state index in [2.05, 4.69) is 33.5 Å². The molecule has 1 saturated heterocycles. The van der Waals surface area contributed by atoms with Crippen molar-refractivity contribution in [3.63, 3.8) is 0 Å². The van der Waals surface area contributed by atoms with E-state index < -0.39 is 5.97 Å². The zero-order valence-corrected chi connectivity index (χ0v) is 14.5. The van der Waals surface area contributed by atoms with E-state index in [1.54, 1.807) is 0 Å². The van der Waals surface area contributed by atoms with Gasteiger partial charge in [0.25, 0.3) is 0 Å². The van der Waals surface area contributed by atoms with Crippen LogP contribution in [-0.4, -0.2) is 62.6 Å². The zero-order valence-electron chi connectivity index (χ0n) is 14.5. The van der Waals surface area contributed by atoms with Crippen LogP contribution in [0.2, 0.25) is 0 Å². The lowest BCUT2D eigenvalue weighted by Gasteiger charge is -2.37. The minimum atomic E-state index is -0.737. The van der Waals surface area contributed by atoms with Gasteiger partial charge in [-0.1, -0.05) is 19.1 Å². The Labute approximate surface area is 142 Å². The van der Waals surface area contributed by atoms with Crippen LogP contribution in [0, 0.1) is 0 Å². The minimum absolute atomic E-state index is 0.145. The van der Waals surface area contributed by atoms with Crippen molar-refractivity contribution in [3.05, 3.63) is 30.1 Å².